The second-order valence-electron chi connectivity index (χ2n) is 5.73. The van der Waals surface area contributed by atoms with Gasteiger partial charge >= 0.3 is 5.97 Å². The Balaban J connectivity index is 2.12. The average molecular weight is 362 g/mol. The third-order valence-corrected chi connectivity index (χ3v) is 4.99. The van der Waals surface area contributed by atoms with Crippen molar-refractivity contribution in [2.24, 2.45) is 0 Å². The van der Waals surface area contributed by atoms with Crippen LogP contribution in [0.3, 0.4) is 0 Å². The molecule has 7 heteroatoms. The van der Waals surface area contributed by atoms with Gasteiger partial charge in [-0.25, -0.2) is 8.42 Å². The molecule has 0 atom stereocenters. The molecule has 2 aromatic carbocycles. The molecule has 0 amide bonds. The van der Waals surface area contributed by atoms with Gasteiger partial charge in [-0.05, 0) is 17.7 Å². The van der Waals surface area contributed by atoms with E-state index in [4.69, 9.17) is 5.11 Å². The fraction of sp³-hybridized carbons (Fsp3) is 0.278. The first-order valence-corrected chi connectivity index (χ1v) is 9.72. The number of sulfonamides is 1. The Bertz CT molecular complexity index is 779. The predicted molar refractivity (Wildman–Crippen MR) is 98.0 cm³/mol. The van der Waals surface area contributed by atoms with E-state index in [1.54, 1.807) is 4.90 Å². The summed E-state index contributed by atoms with van der Waals surface area (Å²) in [6.45, 7) is 0.564. The highest BCUT2D eigenvalue weighted by atomic mass is 32.2. The molecular weight excluding hydrogens is 340 g/mol. The van der Waals surface area contributed by atoms with E-state index in [9.17, 15) is 13.2 Å². The molecule has 0 aliphatic carbocycles. The zero-order valence-electron chi connectivity index (χ0n) is 14.1. The molecule has 1 N–H and O–H groups in total. The average Bonchev–Trinajstić information content (AvgIpc) is 2.57. The number of carboxylic acids is 1. The van der Waals surface area contributed by atoms with Gasteiger partial charge in [0.15, 0.2) is 0 Å². The lowest BCUT2D eigenvalue weighted by atomic mass is 10.2. The molecule has 0 aromatic heterocycles. The van der Waals surface area contributed by atoms with Crippen molar-refractivity contribution in [2.45, 2.75) is 6.54 Å². The maximum Gasteiger partial charge on any atom is 0.323 e. The van der Waals surface area contributed by atoms with Gasteiger partial charge in [-0.1, -0.05) is 48.5 Å². The minimum atomic E-state index is -3.41. The summed E-state index contributed by atoms with van der Waals surface area (Å²) in [6.07, 6.45) is 1.17. The van der Waals surface area contributed by atoms with Crippen molar-refractivity contribution in [2.75, 3.05) is 30.8 Å². The Morgan fingerprint density at radius 1 is 0.960 bits per heavy atom. The lowest BCUT2D eigenvalue weighted by Gasteiger charge is -2.27. The Labute approximate surface area is 148 Å². The molecule has 0 radical (unpaired) electrons. The molecular formula is C18H22N2O4S. The first-order chi connectivity index (χ1) is 11.9. The fourth-order valence-corrected chi connectivity index (χ4v) is 3.28. The zero-order valence-corrected chi connectivity index (χ0v) is 14.9. The maximum absolute atomic E-state index is 12.1. The van der Waals surface area contributed by atoms with Crippen molar-refractivity contribution < 1.29 is 18.3 Å². The van der Waals surface area contributed by atoms with Crippen molar-refractivity contribution in [1.82, 2.24) is 4.31 Å². The first kappa shape index (κ1) is 19.0. The summed E-state index contributed by atoms with van der Waals surface area (Å²) in [5, 5.41) is 9.13. The molecule has 0 saturated carbocycles. The van der Waals surface area contributed by atoms with Crippen LogP contribution >= 0.6 is 0 Å². The summed E-state index contributed by atoms with van der Waals surface area (Å²) in [6, 6.07) is 18.4. The van der Waals surface area contributed by atoms with Crippen LogP contribution in [0.2, 0.25) is 0 Å². The molecule has 0 fully saturated rings. The van der Waals surface area contributed by atoms with Crippen molar-refractivity contribution in [3.05, 3.63) is 66.2 Å². The number of anilines is 1. The molecule has 134 valence electrons. The van der Waals surface area contributed by atoms with E-state index in [2.05, 4.69) is 0 Å². The maximum atomic E-state index is 12.1. The van der Waals surface area contributed by atoms with Gasteiger partial charge in [-0.15, -0.1) is 0 Å². The molecule has 25 heavy (non-hydrogen) atoms. The van der Waals surface area contributed by atoms with Gasteiger partial charge in [-0.2, -0.15) is 4.31 Å². The van der Waals surface area contributed by atoms with Crippen LogP contribution in [0.1, 0.15) is 5.56 Å². The Hall–Kier alpha value is -2.38. The molecule has 0 spiro atoms. The molecule has 0 bridgehead atoms. The van der Waals surface area contributed by atoms with Gasteiger partial charge in [0.05, 0.1) is 6.26 Å². The number of aliphatic carboxylic acids is 1. The second-order valence-corrected chi connectivity index (χ2v) is 7.72. The number of carbonyl (C=O) groups is 1. The van der Waals surface area contributed by atoms with Crippen LogP contribution in [-0.4, -0.2) is 49.7 Å². The fourth-order valence-electron chi connectivity index (χ4n) is 2.48. The smallest absolute Gasteiger partial charge is 0.323 e. The summed E-state index contributed by atoms with van der Waals surface area (Å²) in [7, 11) is -3.41. The minimum absolute atomic E-state index is 0.188. The minimum Gasteiger partial charge on any atom is -0.480 e. The summed E-state index contributed by atoms with van der Waals surface area (Å²) in [4.78, 5) is 12.8. The van der Waals surface area contributed by atoms with Crippen molar-refractivity contribution >= 4 is 21.7 Å². The van der Waals surface area contributed by atoms with E-state index >= 15 is 0 Å². The van der Waals surface area contributed by atoms with Gasteiger partial charge in [0.2, 0.25) is 10.0 Å². The quantitative estimate of drug-likeness (QED) is 0.739. The molecule has 2 aromatic rings. The van der Waals surface area contributed by atoms with Crippen LogP contribution in [0.4, 0.5) is 5.69 Å². The van der Waals surface area contributed by atoms with E-state index < -0.39 is 16.0 Å². The van der Waals surface area contributed by atoms with Crippen LogP contribution < -0.4 is 4.90 Å². The van der Waals surface area contributed by atoms with Crippen LogP contribution in [0.25, 0.3) is 0 Å². The molecule has 0 unspecified atom stereocenters. The number of para-hydroxylation sites is 1. The van der Waals surface area contributed by atoms with Crippen molar-refractivity contribution in [3.63, 3.8) is 0 Å². The second kappa shape index (κ2) is 8.64. The largest absolute Gasteiger partial charge is 0.480 e. The van der Waals surface area contributed by atoms with Gasteiger partial charge in [0.1, 0.15) is 6.54 Å². The lowest BCUT2D eigenvalue weighted by Crippen LogP contribution is -2.39. The predicted octanol–water partition coefficient (Wildman–Crippen LogP) is 2.04. The zero-order chi connectivity index (χ0) is 18.3. The third-order valence-electron chi connectivity index (χ3n) is 3.74. The number of benzene rings is 2. The van der Waals surface area contributed by atoms with Crippen LogP contribution in [-0.2, 0) is 21.4 Å². The highest BCUT2D eigenvalue weighted by Crippen LogP contribution is 2.14. The topological polar surface area (TPSA) is 77.9 Å². The Kier molecular flexibility index (Phi) is 6.55. The van der Waals surface area contributed by atoms with Crippen molar-refractivity contribution in [1.29, 1.82) is 0 Å². The molecule has 2 rings (SSSR count). The number of carboxylic acid groups (broad SMARTS) is 1. The molecule has 0 aliphatic heterocycles. The van der Waals surface area contributed by atoms with Crippen LogP contribution in [0.5, 0.6) is 0 Å². The standard InChI is InChI=1S/C18H22N2O4S/c1-25(23,24)20(14-16-8-4-2-5-9-16)13-12-19(15-18(21)22)17-10-6-3-7-11-17/h2-11H,12-15H2,1H3,(H,21,22). The number of nitrogens with zero attached hydrogens (tertiary/aromatic N) is 2. The van der Waals surface area contributed by atoms with E-state index in [0.717, 1.165) is 11.3 Å². The van der Waals surface area contributed by atoms with Gasteiger partial charge < -0.3 is 10.0 Å². The first-order valence-electron chi connectivity index (χ1n) is 7.87. The number of hydrogen-bond acceptors (Lipinski definition) is 4. The van der Waals surface area contributed by atoms with Gasteiger partial charge in [0.25, 0.3) is 0 Å². The van der Waals surface area contributed by atoms with E-state index in [-0.39, 0.29) is 26.2 Å². The third kappa shape index (κ3) is 6.21. The van der Waals surface area contributed by atoms with Crippen molar-refractivity contribution in [3.8, 4) is 0 Å². The number of hydrogen-bond donors (Lipinski definition) is 1. The summed E-state index contributed by atoms with van der Waals surface area (Å²) in [5.41, 5.74) is 1.63. The normalized spacial score (nSPS) is 11.4. The van der Waals surface area contributed by atoms with Gasteiger partial charge in [-0.3, -0.25) is 4.79 Å². The highest BCUT2D eigenvalue weighted by Gasteiger charge is 2.19. The van der Waals surface area contributed by atoms with E-state index in [1.807, 2.05) is 60.7 Å². The van der Waals surface area contributed by atoms with Crippen LogP contribution in [0, 0.1) is 0 Å². The van der Waals surface area contributed by atoms with E-state index in [1.165, 1.54) is 10.6 Å². The van der Waals surface area contributed by atoms with Crippen LogP contribution in [0.15, 0.2) is 60.7 Å². The highest BCUT2D eigenvalue weighted by molar-refractivity contribution is 7.88. The molecule has 0 aliphatic rings. The molecule has 0 saturated heterocycles. The SMILES string of the molecule is CS(=O)(=O)N(CCN(CC(=O)O)c1ccccc1)Cc1ccccc1. The summed E-state index contributed by atoms with van der Waals surface area (Å²) in [5.74, 6) is -0.960. The Morgan fingerprint density at radius 3 is 2.04 bits per heavy atom. The monoisotopic (exact) mass is 362 g/mol. The Morgan fingerprint density at radius 2 is 1.52 bits per heavy atom. The number of rotatable bonds is 9. The summed E-state index contributed by atoms with van der Waals surface area (Å²) < 4.78 is 25.6. The molecule has 0 heterocycles. The summed E-state index contributed by atoms with van der Waals surface area (Å²) >= 11 is 0. The van der Waals surface area contributed by atoms with E-state index in [0.29, 0.717) is 0 Å². The lowest BCUT2D eigenvalue weighted by molar-refractivity contribution is -0.135. The van der Waals surface area contributed by atoms with Gasteiger partial charge in [0, 0.05) is 25.3 Å². The molecule has 6 nitrogen and oxygen atoms in total.